The van der Waals surface area contributed by atoms with E-state index < -0.39 is 0 Å². The van der Waals surface area contributed by atoms with E-state index in [1.54, 1.807) is 0 Å². The van der Waals surface area contributed by atoms with Gasteiger partial charge in [0.2, 0.25) is 0 Å². The summed E-state index contributed by atoms with van der Waals surface area (Å²) in [4.78, 5) is 0. The highest BCUT2D eigenvalue weighted by atomic mass is 35.5. The average Bonchev–Trinajstić information content (AvgIpc) is 2.67. The molecule has 0 amide bonds. The highest BCUT2D eigenvalue weighted by molar-refractivity contribution is 5.85. The van der Waals surface area contributed by atoms with E-state index in [1.807, 2.05) is 12.1 Å². The molecule has 0 radical (unpaired) electrons. The van der Waals surface area contributed by atoms with Gasteiger partial charge >= 0.3 is 0 Å². The van der Waals surface area contributed by atoms with E-state index in [2.05, 4.69) is 18.1 Å². The van der Waals surface area contributed by atoms with Gasteiger partial charge in [0.25, 0.3) is 0 Å². The van der Waals surface area contributed by atoms with Crippen LogP contribution in [0, 0.1) is 12.3 Å². The first-order chi connectivity index (χ1) is 6.74. The van der Waals surface area contributed by atoms with Crippen LogP contribution in [0.5, 0.6) is 0 Å². The lowest BCUT2D eigenvalue weighted by Crippen LogP contribution is -2.32. The summed E-state index contributed by atoms with van der Waals surface area (Å²) in [6, 6.07) is 8.09. The summed E-state index contributed by atoms with van der Waals surface area (Å²) < 4.78 is 0. The summed E-state index contributed by atoms with van der Waals surface area (Å²) in [5.74, 6) is 2.62. The Morgan fingerprint density at radius 3 is 2.13 bits per heavy atom. The number of benzene rings is 1. The van der Waals surface area contributed by atoms with Crippen LogP contribution >= 0.6 is 12.4 Å². The zero-order valence-electron chi connectivity index (χ0n) is 8.70. The van der Waals surface area contributed by atoms with Crippen LogP contribution in [0.15, 0.2) is 24.3 Å². The molecule has 1 aromatic carbocycles. The number of hydrogen-bond donors (Lipinski definition) is 1. The molecule has 0 unspecified atom stereocenters. The van der Waals surface area contributed by atoms with Crippen LogP contribution in [0.2, 0.25) is 0 Å². The molecule has 1 aromatic rings. The predicted octanol–water partition coefficient (Wildman–Crippen LogP) is 2.82. The Morgan fingerprint density at radius 1 is 1.13 bits per heavy atom. The Hall–Kier alpha value is -0.970. The van der Waals surface area contributed by atoms with E-state index in [1.165, 1.54) is 18.4 Å². The first-order valence-electron chi connectivity index (χ1n) is 5.11. The van der Waals surface area contributed by atoms with Gasteiger partial charge in [-0.25, -0.2) is 0 Å². The van der Waals surface area contributed by atoms with Crippen LogP contribution < -0.4 is 5.73 Å². The lowest BCUT2D eigenvalue weighted by atomic mass is 9.89. The third-order valence-electron chi connectivity index (χ3n) is 3.12. The highest BCUT2D eigenvalue weighted by Gasteiger charge is 2.30. The lowest BCUT2D eigenvalue weighted by Gasteiger charge is -2.24. The van der Waals surface area contributed by atoms with Crippen molar-refractivity contribution in [1.82, 2.24) is 0 Å². The van der Waals surface area contributed by atoms with E-state index in [4.69, 9.17) is 12.2 Å². The summed E-state index contributed by atoms with van der Waals surface area (Å²) in [6.45, 7) is 0. The van der Waals surface area contributed by atoms with Gasteiger partial charge in [0.15, 0.2) is 0 Å². The molecular weight excluding hydrogens is 206 g/mol. The second-order valence-corrected chi connectivity index (χ2v) is 4.08. The maximum absolute atomic E-state index is 6.32. The van der Waals surface area contributed by atoms with E-state index in [0.717, 1.165) is 18.4 Å². The Labute approximate surface area is 97.5 Å². The van der Waals surface area contributed by atoms with Gasteiger partial charge < -0.3 is 5.73 Å². The van der Waals surface area contributed by atoms with Crippen molar-refractivity contribution in [2.45, 2.75) is 31.2 Å². The van der Waals surface area contributed by atoms with Crippen molar-refractivity contribution in [3.8, 4) is 12.3 Å². The van der Waals surface area contributed by atoms with Gasteiger partial charge in [-0.15, -0.1) is 18.8 Å². The van der Waals surface area contributed by atoms with Crippen molar-refractivity contribution in [3.63, 3.8) is 0 Å². The fraction of sp³-hybridized carbons (Fsp3) is 0.385. The Balaban J connectivity index is 0.00000112. The average molecular weight is 222 g/mol. The SMILES string of the molecule is C#Cc1ccc(C2(N)CCCC2)cc1.Cl. The van der Waals surface area contributed by atoms with E-state index in [9.17, 15) is 0 Å². The maximum atomic E-state index is 6.32. The molecule has 2 heteroatoms. The molecule has 1 nitrogen and oxygen atoms in total. The number of nitrogens with two attached hydrogens (primary N) is 1. The van der Waals surface area contributed by atoms with E-state index in [0.29, 0.717) is 0 Å². The molecule has 1 fully saturated rings. The smallest absolute Gasteiger partial charge is 0.0409 e. The summed E-state index contributed by atoms with van der Waals surface area (Å²) >= 11 is 0. The maximum Gasteiger partial charge on any atom is 0.0409 e. The van der Waals surface area contributed by atoms with Crippen molar-refractivity contribution in [3.05, 3.63) is 35.4 Å². The molecule has 0 aromatic heterocycles. The van der Waals surface area contributed by atoms with Crippen molar-refractivity contribution < 1.29 is 0 Å². The third kappa shape index (κ3) is 2.34. The van der Waals surface area contributed by atoms with E-state index in [-0.39, 0.29) is 17.9 Å². The van der Waals surface area contributed by atoms with Crippen molar-refractivity contribution in [2.24, 2.45) is 5.73 Å². The summed E-state index contributed by atoms with van der Waals surface area (Å²) in [5.41, 5.74) is 8.39. The Kier molecular flexibility index (Phi) is 3.79. The van der Waals surface area contributed by atoms with Gasteiger partial charge in [-0.3, -0.25) is 0 Å². The first kappa shape index (κ1) is 12.1. The van der Waals surface area contributed by atoms with Crippen LogP contribution in [0.3, 0.4) is 0 Å². The van der Waals surface area contributed by atoms with Crippen molar-refractivity contribution in [2.75, 3.05) is 0 Å². The molecule has 0 heterocycles. The molecule has 0 aliphatic heterocycles. The number of terminal acetylenes is 1. The molecule has 1 aliphatic carbocycles. The van der Waals surface area contributed by atoms with Crippen LogP contribution in [0.4, 0.5) is 0 Å². The van der Waals surface area contributed by atoms with Crippen molar-refractivity contribution >= 4 is 12.4 Å². The minimum atomic E-state index is -0.0902. The standard InChI is InChI=1S/C13H15N.ClH/c1-2-11-5-7-12(8-6-11)13(14)9-3-4-10-13;/h1,5-8H,3-4,9-10,14H2;1H. The van der Waals surface area contributed by atoms with Gasteiger partial charge in [0.05, 0.1) is 0 Å². The summed E-state index contributed by atoms with van der Waals surface area (Å²) in [5, 5.41) is 0. The van der Waals surface area contributed by atoms with Gasteiger partial charge in [0.1, 0.15) is 0 Å². The van der Waals surface area contributed by atoms with Crippen molar-refractivity contribution in [1.29, 1.82) is 0 Å². The molecule has 0 bridgehead atoms. The minimum Gasteiger partial charge on any atom is -0.321 e. The molecular formula is C13H16ClN. The fourth-order valence-electron chi connectivity index (χ4n) is 2.19. The molecule has 0 saturated heterocycles. The fourth-order valence-corrected chi connectivity index (χ4v) is 2.19. The lowest BCUT2D eigenvalue weighted by molar-refractivity contribution is 0.462. The number of halogens is 1. The van der Waals surface area contributed by atoms with Crippen LogP contribution in [-0.4, -0.2) is 0 Å². The van der Waals surface area contributed by atoms with Crippen LogP contribution in [0.25, 0.3) is 0 Å². The molecule has 2 rings (SSSR count). The van der Waals surface area contributed by atoms with Gasteiger partial charge in [-0.1, -0.05) is 30.9 Å². The molecule has 0 spiro atoms. The zero-order valence-corrected chi connectivity index (χ0v) is 9.52. The van der Waals surface area contributed by atoms with Crippen LogP contribution in [0.1, 0.15) is 36.8 Å². The van der Waals surface area contributed by atoms with Gasteiger partial charge in [-0.05, 0) is 30.5 Å². The molecule has 0 atom stereocenters. The normalized spacial score (nSPS) is 17.9. The number of rotatable bonds is 1. The topological polar surface area (TPSA) is 26.0 Å². The largest absolute Gasteiger partial charge is 0.321 e. The Morgan fingerprint density at radius 2 is 1.67 bits per heavy atom. The second kappa shape index (κ2) is 4.70. The molecule has 1 saturated carbocycles. The molecule has 1 aliphatic rings. The van der Waals surface area contributed by atoms with E-state index >= 15 is 0 Å². The monoisotopic (exact) mass is 221 g/mol. The minimum absolute atomic E-state index is 0. The first-order valence-corrected chi connectivity index (χ1v) is 5.11. The summed E-state index contributed by atoms with van der Waals surface area (Å²) in [7, 11) is 0. The molecule has 2 N–H and O–H groups in total. The predicted molar refractivity (Wildman–Crippen MR) is 66.0 cm³/mol. The van der Waals surface area contributed by atoms with Gasteiger partial charge in [-0.2, -0.15) is 0 Å². The second-order valence-electron chi connectivity index (χ2n) is 4.08. The van der Waals surface area contributed by atoms with Crippen LogP contribution in [-0.2, 0) is 5.54 Å². The van der Waals surface area contributed by atoms with Gasteiger partial charge in [0, 0.05) is 11.1 Å². The quantitative estimate of drug-likeness (QED) is 0.726. The highest BCUT2D eigenvalue weighted by Crippen LogP contribution is 2.36. The Bertz CT molecular complexity index is 355. The molecule has 15 heavy (non-hydrogen) atoms. The number of hydrogen-bond acceptors (Lipinski definition) is 1. The molecule has 80 valence electrons. The summed E-state index contributed by atoms with van der Waals surface area (Å²) in [6.07, 6.45) is 9.99. The third-order valence-corrected chi connectivity index (χ3v) is 3.12. The zero-order chi connectivity index (χ0) is 10.0.